The van der Waals surface area contributed by atoms with Crippen molar-refractivity contribution in [3.05, 3.63) is 42.0 Å². The van der Waals surface area contributed by atoms with Crippen LogP contribution in [-0.2, 0) is 9.53 Å². The first kappa shape index (κ1) is 20.9. The molecule has 1 aliphatic rings. The van der Waals surface area contributed by atoms with E-state index in [1.54, 1.807) is 0 Å². The molecule has 6 heteroatoms. The van der Waals surface area contributed by atoms with Gasteiger partial charge in [0.25, 0.3) is 0 Å². The number of allylic oxidation sites excluding steroid dienone is 2. The fourth-order valence-electron chi connectivity index (χ4n) is 3.40. The molecular formula is C21H29FN2O3. The van der Waals surface area contributed by atoms with Gasteiger partial charge in [-0.25, -0.2) is 9.18 Å². The highest BCUT2D eigenvalue weighted by Crippen LogP contribution is 2.36. The second kappa shape index (κ2) is 10.7. The number of methoxy groups -OCH3 is 1. The van der Waals surface area contributed by atoms with Gasteiger partial charge in [-0.3, -0.25) is 4.79 Å². The quantitative estimate of drug-likeness (QED) is 0.523. The molecule has 0 spiro atoms. The SMILES string of the molecule is COC(=O)CC/C=C\C[C@@H]1[C@@H](CNC(=O)Nc2ccc(C)cc2)CC[C@H]1F. The van der Waals surface area contributed by atoms with Crippen LogP contribution in [0.5, 0.6) is 0 Å². The topological polar surface area (TPSA) is 67.4 Å². The molecule has 1 saturated carbocycles. The molecular weight excluding hydrogens is 347 g/mol. The van der Waals surface area contributed by atoms with Crippen molar-refractivity contribution in [2.24, 2.45) is 11.8 Å². The van der Waals surface area contributed by atoms with Crippen molar-refractivity contribution in [1.82, 2.24) is 5.32 Å². The molecule has 5 nitrogen and oxygen atoms in total. The van der Waals surface area contributed by atoms with Gasteiger partial charge in [0.1, 0.15) is 6.17 Å². The van der Waals surface area contributed by atoms with E-state index in [1.165, 1.54) is 7.11 Å². The van der Waals surface area contributed by atoms with Crippen LogP contribution >= 0.6 is 0 Å². The zero-order valence-electron chi connectivity index (χ0n) is 16.0. The standard InChI is InChI=1S/C21H29FN2O3/c1-15-8-11-17(12-9-15)24-21(26)23-14-16-10-13-19(22)18(16)6-4-3-5-7-20(25)27-2/h3-4,8-9,11-12,16,18-19H,5-7,10,13-14H2,1-2H3,(H2,23,24,26)/b4-3-/t16-,18-,19-/m1/s1. The van der Waals surface area contributed by atoms with Crippen molar-refractivity contribution in [2.75, 3.05) is 19.0 Å². The number of aryl methyl sites for hydroxylation is 1. The van der Waals surface area contributed by atoms with E-state index in [-0.39, 0.29) is 23.8 Å². The predicted octanol–water partition coefficient (Wildman–Crippen LogP) is 4.38. The van der Waals surface area contributed by atoms with Gasteiger partial charge in [0, 0.05) is 18.7 Å². The number of esters is 1. The number of alkyl halides is 1. The average Bonchev–Trinajstić information content (AvgIpc) is 3.01. The molecule has 27 heavy (non-hydrogen) atoms. The fraction of sp³-hybridized carbons (Fsp3) is 0.524. The average molecular weight is 376 g/mol. The van der Waals surface area contributed by atoms with Crippen LogP contribution in [0.2, 0.25) is 0 Å². The molecule has 0 aromatic heterocycles. The summed E-state index contributed by atoms with van der Waals surface area (Å²) in [5, 5.41) is 5.65. The third kappa shape index (κ3) is 7.04. The van der Waals surface area contributed by atoms with Gasteiger partial charge in [-0.15, -0.1) is 0 Å². The number of amides is 2. The lowest BCUT2D eigenvalue weighted by atomic mass is 9.91. The van der Waals surface area contributed by atoms with Crippen LogP contribution < -0.4 is 10.6 Å². The highest BCUT2D eigenvalue weighted by Gasteiger charge is 2.35. The molecule has 0 unspecified atom stereocenters. The Hall–Kier alpha value is -2.37. The molecule has 1 fully saturated rings. The van der Waals surface area contributed by atoms with E-state index >= 15 is 0 Å². The number of ether oxygens (including phenoxy) is 1. The van der Waals surface area contributed by atoms with Crippen LogP contribution in [-0.4, -0.2) is 31.8 Å². The molecule has 1 aromatic carbocycles. The summed E-state index contributed by atoms with van der Waals surface area (Å²) in [6, 6.07) is 7.30. The van der Waals surface area contributed by atoms with Crippen LogP contribution in [0, 0.1) is 18.8 Å². The minimum Gasteiger partial charge on any atom is -0.469 e. The van der Waals surface area contributed by atoms with Gasteiger partial charge >= 0.3 is 12.0 Å². The van der Waals surface area contributed by atoms with Gasteiger partial charge < -0.3 is 15.4 Å². The van der Waals surface area contributed by atoms with Crippen LogP contribution in [0.15, 0.2) is 36.4 Å². The first-order valence-corrected chi connectivity index (χ1v) is 9.47. The molecule has 1 aliphatic carbocycles. The van der Waals surface area contributed by atoms with Gasteiger partial charge in [-0.05, 0) is 56.6 Å². The number of halogens is 1. The summed E-state index contributed by atoms with van der Waals surface area (Å²) in [5.41, 5.74) is 1.86. The highest BCUT2D eigenvalue weighted by molar-refractivity contribution is 5.89. The lowest BCUT2D eigenvalue weighted by Crippen LogP contribution is -2.35. The Bertz CT molecular complexity index is 645. The maximum atomic E-state index is 14.2. The lowest BCUT2D eigenvalue weighted by molar-refractivity contribution is -0.140. The number of carbonyl (C=O) groups excluding carboxylic acids is 2. The third-order valence-corrected chi connectivity index (χ3v) is 5.04. The third-order valence-electron chi connectivity index (χ3n) is 5.04. The van der Waals surface area contributed by atoms with Crippen LogP contribution in [0.3, 0.4) is 0 Å². The first-order valence-electron chi connectivity index (χ1n) is 9.47. The Morgan fingerprint density at radius 1 is 1.22 bits per heavy atom. The molecule has 0 bridgehead atoms. The van der Waals surface area contributed by atoms with Crippen LogP contribution in [0.1, 0.15) is 37.7 Å². The van der Waals surface area contributed by atoms with E-state index in [1.807, 2.05) is 43.3 Å². The zero-order valence-corrected chi connectivity index (χ0v) is 16.0. The summed E-state index contributed by atoms with van der Waals surface area (Å²) in [6.07, 6.45) is 5.84. The van der Waals surface area contributed by atoms with E-state index in [0.717, 1.165) is 17.7 Å². The maximum absolute atomic E-state index is 14.2. The Labute approximate surface area is 160 Å². The molecule has 2 rings (SSSR count). The van der Waals surface area contributed by atoms with Crippen molar-refractivity contribution in [3.8, 4) is 0 Å². The second-order valence-electron chi connectivity index (χ2n) is 7.04. The van der Waals surface area contributed by atoms with Gasteiger partial charge in [-0.2, -0.15) is 0 Å². The predicted molar refractivity (Wildman–Crippen MR) is 104 cm³/mol. The maximum Gasteiger partial charge on any atom is 0.319 e. The van der Waals surface area contributed by atoms with Gasteiger partial charge in [0.15, 0.2) is 0 Å². The van der Waals surface area contributed by atoms with Crippen molar-refractivity contribution in [1.29, 1.82) is 0 Å². The normalized spacial score (nSPS) is 22.0. The minimum atomic E-state index is -0.845. The van der Waals surface area contributed by atoms with Crippen molar-refractivity contribution >= 4 is 17.7 Å². The largest absolute Gasteiger partial charge is 0.469 e. The number of urea groups is 1. The zero-order chi connectivity index (χ0) is 19.6. The number of benzene rings is 1. The number of hydrogen-bond donors (Lipinski definition) is 2. The monoisotopic (exact) mass is 376 g/mol. The number of carbonyl (C=O) groups is 2. The first-order chi connectivity index (χ1) is 13.0. The molecule has 0 radical (unpaired) electrons. The summed E-state index contributed by atoms with van der Waals surface area (Å²) in [6.45, 7) is 2.44. The summed E-state index contributed by atoms with van der Waals surface area (Å²) in [7, 11) is 1.37. The van der Waals surface area contributed by atoms with E-state index in [2.05, 4.69) is 15.4 Å². The lowest BCUT2D eigenvalue weighted by Gasteiger charge is -2.20. The molecule has 0 saturated heterocycles. The molecule has 0 heterocycles. The van der Waals surface area contributed by atoms with E-state index in [0.29, 0.717) is 32.2 Å². The van der Waals surface area contributed by atoms with Crippen molar-refractivity contribution in [2.45, 2.75) is 45.2 Å². The molecule has 0 aliphatic heterocycles. The fourth-order valence-corrected chi connectivity index (χ4v) is 3.40. The smallest absolute Gasteiger partial charge is 0.319 e. The van der Waals surface area contributed by atoms with Crippen LogP contribution in [0.4, 0.5) is 14.9 Å². The van der Waals surface area contributed by atoms with Crippen LogP contribution in [0.25, 0.3) is 0 Å². The van der Waals surface area contributed by atoms with Gasteiger partial charge in [0.05, 0.1) is 7.11 Å². The minimum absolute atomic E-state index is 0.0981. The Morgan fingerprint density at radius 3 is 2.67 bits per heavy atom. The number of anilines is 1. The van der Waals surface area contributed by atoms with E-state index in [9.17, 15) is 14.0 Å². The number of nitrogens with one attached hydrogen (secondary N) is 2. The summed E-state index contributed by atoms with van der Waals surface area (Å²) in [5.74, 6) is -0.223. The molecule has 2 N–H and O–H groups in total. The molecule has 3 atom stereocenters. The second-order valence-corrected chi connectivity index (χ2v) is 7.04. The Kier molecular flexibility index (Phi) is 8.30. The van der Waals surface area contributed by atoms with Crippen molar-refractivity contribution in [3.63, 3.8) is 0 Å². The summed E-state index contributed by atoms with van der Waals surface area (Å²) < 4.78 is 18.8. The van der Waals surface area contributed by atoms with E-state index in [4.69, 9.17) is 0 Å². The van der Waals surface area contributed by atoms with Gasteiger partial charge in [-0.1, -0.05) is 29.8 Å². The Balaban J connectivity index is 1.75. The summed E-state index contributed by atoms with van der Waals surface area (Å²) in [4.78, 5) is 23.1. The van der Waals surface area contributed by atoms with E-state index < -0.39 is 6.17 Å². The molecule has 2 amide bonds. The van der Waals surface area contributed by atoms with Crippen molar-refractivity contribution < 1.29 is 18.7 Å². The number of rotatable bonds is 8. The molecule has 148 valence electrons. The Morgan fingerprint density at radius 2 is 1.96 bits per heavy atom. The van der Waals surface area contributed by atoms with Gasteiger partial charge in [0.2, 0.25) is 0 Å². The summed E-state index contributed by atoms with van der Waals surface area (Å²) >= 11 is 0. The highest BCUT2D eigenvalue weighted by atomic mass is 19.1. The molecule has 1 aromatic rings. The number of hydrogen-bond acceptors (Lipinski definition) is 3.